The minimum atomic E-state index is -0.900. The third kappa shape index (κ3) is 6.80. The van der Waals surface area contributed by atoms with Crippen LogP contribution in [0.2, 0.25) is 0 Å². The minimum Gasteiger partial charge on any atom is -0.491 e. The molecule has 0 spiro atoms. The average molecular weight is 308 g/mol. The lowest BCUT2D eigenvalue weighted by Gasteiger charge is -2.28. The van der Waals surface area contributed by atoms with E-state index in [0.29, 0.717) is 19.6 Å². The lowest BCUT2D eigenvalue weighted by Crippen LogP contribution is -2.46. The van der Waals surface area contributed by atoms with Gasteiger partial charge in [-0.1, -0.05) is 12.1 Å². The first-order valence-corrected chi connectivity index (χ1v) is 7.72. The Bertz CT molecular complexity index is 464. The van der Waals surface area contributed by atoms with Crippen LogP contribution in [0.1, 0.15) is 40.2 Å². The van der Waals surface area contributed by atoms with E-state index >= 15 is 0 Å². The molecule has 1 aromatic rings. The number of carbonyl (C=O) groups excluding carboxylic acids is 1. The van der Waals surface area contributed by atoms with Crippen LogP contribution in [-0.2, 0) is 6.54 Å². The van der Waals surface area contributed by atoms with Crippen molar-refractivity contribution in [3.63, 3.8) is 0 Å². The van der Waals surface area contributed by atoms with Crippen LogP contribution in [0.4, 0.5) is 4.79 Å². The molecule has 5 heteroatoms. The number of likely N-dealkylation sites (N-methyl/N-ethyl adjacent to an activating group) is 1. The van der Waals surface area contributed by atoms with Gasteiger partial charge in [-0.05, 0) is 52.3 Å². The molecule has 1 rings (SSSR count). The van der Waals surface area contributed by atoms with E-state index in [-0.39, 0.29) is 12.1 Å². The normalized spacial score (nSPS) is 11.4. The van der Waals surface area contributed by atoms with Gasteiger partial charge >= 0.3 is 6.03 Å². The molecule has 0 heterocycles. The highest BCUT2D eigenvalue weighted by atomic mass is 16.5. The zero-order chi connectivity index (χ0) is 16.8. The Morgan fingerprint density at radius 3 is 2.36 bits per heavy atom. The van der Waals surface area contributed by atoms with Crippen LogP contribution in [0.3, 0.4) is 0 Å². The van der Waals surface area contributed by atoms with Gasteiger partial charge in [0, 0.05) is 13.1 Å². The van der Waals surface area contributed by atoms with Crippen molar-refractivity contribution in [2.75, 3.05) is 13.1 Å². The molecule has 2 N–H and O–H groups in total. The number of hydrogen-bond acceptors (Lipinski definition) is 3. The maximum absolute atomic E-state index is 12.1. The van der Waals surface area contributed by atoms with Crippen molar-refractivity contribution in [2.45, 2.75) is 52.9 Å². The van der Waals surface area contributed by atoms with E-state index < -0.39 is 5.60 Å². The Kier molecular flexibility index (Phi) is 6.68. The van der Waals surface area contributed by atoms with Crippen LogP contribution in [-0.4, -0.2) is 40.8 Å². The molecule has 0 atom stereocenters. The number of nitrogens with one attached hydrogen (secondary N) is 1. The molecule has 0 aliphatic carbocycles. The van der Waals surface area contributed by atoms with E-state index in [2.05, 4.69) is 5.32 Å². The monoisotopic (exact) mass is 308 g/mol. The van der Waals surface area contributed by atoms with E-state index in [9.17, 15) is 9.90 Å². The smallest absolute Gasteiger partial charge is 0.317 e. The van der Waals surface area contributed by atoms with Gasteiger partial charge in [0.15, 0.2) is 0 Å². The Balaban J connectivity index is 2.52. The molecule has 0 bridgehead atoms. The molecule has 0 fully saturated rings. The van der Waals surface area contributed by atoms with Crippen LogP contribution in [0.15, 0.2) is 24.3 Å². The Morgan fingerprint density at radius 2 is 1.91 bits per heavy atom. The molecule has 0 saturated carbocycles. The zero-order valence-electron chi connectivity index (χ0n) is 14.2. The second-order valence-corrected chi connectivity index (χ2v) is 6.30. The lowest BCUT2D eigenvalue weighted by molar-refractivity contribution is 0.0480. The number of ether oxygens (including phenoxy) is 1. The predicted molar refractivity (Wildman–Crippen MR) is 88.0 cm³/mol. The van der Waals surface area contributed by atoms with E-state index in [1.54, 1.807) is 18.7 Å². The van der Waals surface area contributed by atoms with Crippen LogP contribution >= 0.6 is 0 Å². The van der Waals surface area contributed by atoms with Crippen LogP contribution in [0, 0.1) is 0 Å². The fourth-order valence-electron chi connectivity index (χ4n) is 2.04. The summed E-state index contributed by atoms with van der Waals surface area (Å²) in [6.07, 6.45) is 0.144. The number of amides is 2. The first-order chi connectivity index (χ1) is 10.2. The molecule has 0 aliphatic rings. The van der Waals surface area contributed by atoms with E-state index in [0.717, 1.165) is 11.3 Å². The van der Waals surface area contributed by atoms with Gasteiger partial charge in [-0.2, -0.15) is 0 Å². The van der Waals surface area contributed by atoms with Crippen LogP contribution in [0.5, 0.6) is 5.75 Å². The molecule has 22 heavy (non-hydrogen) atoms. The highest BCUT2D eigenvalue weighted by Crippen LogP contribution is 2.14. The van der Waals surface area contributed by atoms with Gasteiger partial charge in [0.25, 0.3) is 0 Å². The molecule has 5 nitrogen and oxygen atoms in total. The quantitative estimate of drug-likeness (QED) is 0.814. The fraction of sp³-hybridized carbons (Fsp3) is 0.588. The summed E-state index contributed by atoms with van der Waals surface area (Å²) in [4.78, 5) is 13.7. The third-order valence-electron chi connectivity index (χ3n) is 2.99. The van der Waals surface area contributed by atoms with E-state index in [1.807, 2.05) is 45.0 Å². The van der Waals surface area contributed by atoms with Gasteiger partial charge in [0.1, 0.15) is 5.75 Å². The molecular formula is C17H28N2O3. The first kappa shape index (κ1) is 18.3. The standard InChI is InChI=1S/C17H28N2O3/c1-6-19(12-17(4,5)21)16(20)18-11-14-7-9-15(10-8-14)22-13(2)3/h7-10,13,21H,6,11-12H2,1-5H3,(H,18,20). The summed E-state index contributed by atoms with van der Waals surface area (Å²) in [5, 5.41) is 12.7. The topological polar surface area (TPSA) is 61.8 Å². The number of rotatable bonds is 7. The number of urea groups is 1. The average Bonchev–Trinajstić information content (AvgIpc) is 2.42. The van der Waals surface area contributed by atoms with Crippen molar-refractivity contribution < 1.29 is 14.6 Å². The van der Waals surface area contributed by atoms with Gasteiger partial charge in [-0.25, -0.2) is 4.79 Å². The summed E-state index contributed by atoms with van der Waals surface area (Å²) < 4.78 is 5.58. The summed E-state index contributed by atoms with van der Waals surface area (Å²) in [6, 6.07) is 7.49. The minimum absolute atomic E-state index is 0.144. The first-order valence-electron chi connectivity index (χ1n) is 7.72. The van der Waals surface area contributed by atoms with Crippen molar-refractivity contribution in [3.05, 3.63) is 29.8 Å². The largest absolute Gasteiger partial charge is 0.491 e. The van der Waals surface area contributed by atoms with Gasteiger partial charge < -0.3 is 20.1 Å². The Labute approximate surface area is 133 Å². The van der Waals surface area contributed by atoms with Gasteiger partial charge in [0.2, 0.25) is 0 Å². The van der Waals surface area contributed by atoms with Gasteiger partial charge in [-0.3, -0.25) is 0 Å². The molecule has 0 unspecified atom stereocenters. The predicted octanol–water partition coefficient (Wildman–Crippen LogP) is 2.78. The molecule has 0 radical (unpaired) electrons. The number of benzene rings is 1. The summed E-state index contributed by atoms with van der Waals surface area (Å²) in [5.74, 6) is 0.822. The highest BCUT2D eigenvalue weighted by Gasteiger charge is 2.20. The number of aliphatic hydroxyl groups is 1. The molecule has 1 aromatic carbocycles. The zero-order valence-corrected chi connectivity index (χ0v) is 14.2. The summed E-state index contributed by atoms with van der Waals surface area (Å²) in [5.41, 5.74) is 0.104. The van der Waals surface area contributed by atoms with Crippen molar-refractivity contribution in [1.82, 2.24) is 10.2 Å². The second-order valence-electron chi connectivity index (χ2n) is 6.30. The molecular weight excluding hydrogens is 280 g/mol. The maximum Gasteiger partial charge on any atom is 0.317 e. The lowest BCUT2D eigenvalue weighted by atomic mass is 10.1. The van der Waals surface area contributed by atoms with Crippen molar-refractivity contribution in [1.29, 1.82) is 0 Å². The van der Waals surface area contributed by atoms with Gasteiger partial charge in [0.05, 0.1) is 18.2 Å². The Morgan fingerprint density at radius 1 is 1.32 bits per heavy atom. The number of hydrogen-bond donors (Lipinski definition) is 2. The number of carbonyl (C=O) groups is 1. The van der Waals surface area contributed by atoms with Crippen molar-refractivity contribution in [2.24, 2.45) is 0 Å². The molecule has 0 aliphatic heterocycles. The van der Waals surface area contributed by atoms with Crippen LogP contribution in [0.25, 0.3) is 0 Å². The van der Waals surface area contributed by atoms with E-state index in [1.165, 1.54) is 0 Å². The molecule has 2 amide bonds. The molecule has 124 valence electrons. The molecule has 0 aromatic heterocycles. The van der Waals surface area contributed by atoms with Crippen molar-refractivity contribution in [3.8, 4) is 5.75 Å². The molecule has 0 saturated heterocycles. The second kappa shape index (κ2) is 8.03. The van der Waals surface area contributed by atoms with E-state index in [4.69, 9.17) is 4.74 Å². The summed E-state index contributed by atoms with van der Waals surface area (Å²) in [6.45, 7) is 10.5. The summed E-state index contributed by atoms with van der Waals surface area (Å²) >= 11 is 0. The Hall–Kier alpha value is -1.75. The number of nitrogens with zero attached hydrogens (tertiary/aromatic N) is 1. The SMILES string of the molecule is CCN(CC(C)(C)O)C(=O)NCc1ccc(OC(C)C)cc1. The maximum atomic E-state index is 12.1. The van der Waals surface area contributed by atoms with Gasteiger partial charge in [-0.15, -0.1) is 0 Å². The summed E-state index contributed by atoms with van der Waals surface area (Å²) in [7, 11) is 0. The fourth-order valence-corrected chi connectivity index (χ4v) is 2.04. The third-order valence-corrected chi connectivity index (χ3v) is 2.99. The highest BCUT2D eigenvalue weighted by molar-refractivity contribution is 5.74. The van der Waals surface area contributed by atoms with Crippen LogP contribution < -0.4 is 10.1 Å². The van der Waals surface area contributed by atoms with Crippen molar-refractivity contribution >= 4 is 6.03 Å².